The highest BCUT2D eigenvalue weighted by Crippen LogP contribution is 2.35. The van der Waals surface area contributed by atoms with Crippen molar-refractivity contribution < 1.29 is 14.3 Å². The number of methoxy groups -OCH3 is 1. The van der Waals surface area contributed by atoms with Crippen LogP contribution < -0.4 is 5.32 Å². The highest BCUT2D eigenvalue weighted by Gasteiger charge is 2.24. The van der Waals surface area contributed by atoms with Crippen molar-refractivity contribution in [3.63, 3.8) is 0 Å². The van der Waals surface area contributed by atoms with Gasteiger partial charge in [0.15, 0.2) is 0 Å². The van der Waals surface area contributed by atoms with Gasteiger partial charge in [-0.1, -0.05) is 29.3 Å². The van der Waals surface area contributed by atoms with Gasteiger partial charge >= 0.3 is 5.97 Å². The summed E-state index contributed by atoms with van der Waals surface area (Å²) in [5.74, 6) is -0.725. The Morgan fingerprint density at radius 2 is 1.91 bits per heavy atom. The van der Waals surface area contributed by atoms with Crippen molar-refractivity contribution >= 4 is 52.4 Å². The Morgan fingerprint density at radius 3 is 2.65 bits per heavy atom. The van der Waals surface area contributed by atoms with Crippen molar-refractivity contribution in [3.8, 4) is 0 Å². The molecule has 0 unspecified atom stereocenters. The van der Waals surface area contributed by atoms with Crippen LogP contribution in [0, 0.1) is 0 Å². The summed E-state index contributed by atoms with van der Waals surface area (Å²) < 4.78 is 4.69. The fourth-order valence-electron chi connectivity index (χ4n) is 2.41. The van der Waals surface area contributed by atoms with Gasteiger partial charge in [0.2, 0.25) is 0 Å². The Balaban J connectivity index is 2.08. The molecule has 0 spiro atoms. The zero-order chi connectivity index (χ0) is 16.6. The maximum absolute atomic E-state index is 12.2. The lowest BCUT2D eigenvalue weighted by Gasteiger charge is -2.04. The van der Waals surface area contributed by atoms with E-state index in [0.29, 0.717) is 32.4 Å². The SMILES string of the molecule is COC(=O)c1cc(Cl)cc(/C=C2\C(=O)Nc3cc(Cl)ccc32)c1. The van der Waals surface area contributed by atoms with Crippen LogP contribution in [0.2, 0.25) is 10.0 Å². The lowest BCUT2D eigenvalue weighted by Crippen LogP contribution is -2.04. The third-order valence-corrected chi connectivity index (χ3v) is 3.87. The summed E-state index contributed by atoms with van der Waals surface area (Å²) in [6.07, 6.45) is 1.67. The molecule has 1 heterocycles. The fraction of sp³-hybridized carbons (Fsp3) is 0.0588. The molecule has 2 aromatic carbocycles. The molecular weight excluding hydrogens is 337 g/mol. The van der Waals surface area contributed by atoms with Gasteiger partial charge in [-0.05, 0) is 42.0 Å². The van der Waals surface area contributed by atoms with Gasteiger partial charge in [-0.2, -0.15) is 0 Å². The second kappa shape index (κ2) is 6.07. The quantitative estimate of drug-likeness (QED) is 0.651. The molecule has 1 N–H and O–H groups in total. The molecule has 3 rings (SSSR count). The molecule has 0 saturated carbocycles. The molecule has 23 heavy (non-hydrogen) atoms. The predicted molar refractivity (Wildman–Crippen MR) is 90.7 cm³/mol. The molecule has 0 radical (unpaired) electrons. The molecule has 6 heteroatoms. The average Bonchev–Trinajstić information content (AvgIpc) is 2.81. The Morgan fingerprint density at radius 1 is 1.13 bits per heavy atom. The Hall–Kier alpha value is -2.30. The maximum atomic E-state index is 12.2. The van der Waals surface area contributed by atoms with Crippen molar-refractivity contribution in [2.75, 3.05) is 12.4 Å². The van der Waals surface area contributed by atoms with Crippen molar-refractivity contribution in [2.24, 2.45) is 0 Å². The van der Waals surface area contributed by atoms with Crippen LogP contribution in [0.4, 0.5) is 5.69 Å². The van der Waals surface area contributed by atoms with Gasteiger partial charge in [0.05, 0.1) is 18.4 Å². The summed E-state index contributed by atoms with van der Waals surface area (Å²) in [4.78, 5) is 23.8. The van der Waals surface area contributed by atoms with E-state index < -0.39 is 5.97 Å². The number of anilines is 1. The summed E-state index contributed by atoms with van der Waals surface area (Å²) in [6, 6.07) is 9.97. The lowest BCUT2D eigenvalue weighted by molar-refractivity contribution is -0.110. The van der Waals surface area contributed by atoms with E-state index in [1.165, 1.54) is 13.2 Å². The zero-order valence-corrected chi connectivity index (χ0v) is 13.5. The van der Waals surface area contributed by atoms with Gasteiger partial charge in [0, 0.05) is 21.2 Å². The maximum Gasteiger partial charge on any atom is 0.337 e. The summed E-state index contributed by atoms with van der Waals surface area (Å²) >= 11 is 12.0. The van der Waals surface area contributed by atoms with E-state index in [-0.39, 0.29) is 5.91 Å². The van der Waals surface area contributed by atoms with Crippen LogP contribution in [0.25, 0.3) is 11.6 Å². The Bertz CT molecular complexity index is 859. The van der Waals surface area contributed by atoms with E-state index in [0.717, 1.165) is 5.56 Å². The minimum atomic E-state index is -0.491. The van der Waals surface area contributed by atoms with E-state index in [1.807, 2.05) is 0 Å². The first-order chi connectivity index (χ1) is 11.0. The molecule has 0 aliphatic carbocycles. The normalized spacial score (nSPS) is 14.6. The number of nitrogens with one attached hydrogen (secondary N) is 1. The number of esters is 1. The Kier molecular flexibility index (Phi) is 4.11. The van der Waals surface area contributed by atoms with Crippen molar-refractivity contribution in [2.45, 2.75) is 0 Å². The molecule has 0 bridgehead atoms. The molecule has 1 aliphatic heterocycles. The molecular formula is C17H11Cl2NO3. The highest BCUT2D eigenvalue weighted by molar-refractivity contribution is 6.37. The standard InChI is InChI=1S/C17H11Cl2NO3/c1-23-17(22)10-4-9(5-12(19)7-10)6-14-13-3-2-11(18)8-15(13)20-16(14)21/h2-8H,1H3,(H,20,21)/b14-6-. The molecule has 0 atom stereocenters. The largest absolute Gasteiger partial charge is 0.465 e. The summed E-state index contributed by atoms with van der Waals surface area (Å²) in [5, 5.41) is 3.68. The average molecular weight is 348 g/mol. The zero-order valence-electron chi connectivity index (χ0n) is 12.0. The van der Waals surface area contributed by atoms with Gasteiger partial charge in [-0.3, -0.25) is 4.79 Å². The summed E-state index contributed by atoms with van der Waals surface area (Å²) in [6.45, 7) is 0. The third-order valence-electron chi connectivity index (χ3n) is 3.42. The second-order valence-corrected chi connectivity index (χ2v) is 5.84. The first kappa shape index (κ1) is 15.6. The van der Waals surface area contributed by atoms with Crippen LogP contribution in [-0.4, -0.2) is 19.0 Å². The van der Waals surface area contributed by atoms with Gasteiger partial charge < -0.3 is 10.1 Å². The molecule has 1 aliphatic rings. The fourth-order valence-corrected chi connectivity index (χ4v) is 2.82. The van der Waals surface area contributed by atoms with E-state index in [9.17, 15) is 9.59 Å². The number of ether oxygens (including phenoxy) is 1. The van der Waals surface area contributed by atoms with Gasteiger partial charge in [0.25, 0.3) is 5.91 Å². The summed E-state index contributed by atoms with van der Waals surface area (Å²) in [5.41, 5.74) is 2.84. The van der Waals surface area contributed by atoms with Gasteiger partial charge in [-0.25, -0.2) is 4.79 Å². The number of carbonyl (C=O) groups excluding carboxylic acids is 2. The topological polar surface area (TPSA) is 55.4 Å². The van der Waals surface area contributed by atoms with Crippen LogP contribution in [0.15, 0.2) is 36.4 Å². The summed E-state index contributed by atoms with van der Waals surface area (Å²) in [7, 11) is 1.30. The van der Waals surface area contributed by atoms with Crippen LogP contribution in [0.5, 0.6) is 0 Å². The number of halogens is 2. The minimum absolute atomic E-state index is 0.234. The van der Waals surface area contributed by atoms with Crippen LogP contribution in [0.1, 0.15) is 21.5 Å². The smallest absolute Gasteiger partial charge is 0.337 e. The van der Waals surface area contributed by atoms with Gasteiger partial charge in [0.1, 0.15) is 0 Å². The Labute approximate surface area is 142 Å². The molecule has 0 aromatic heterocycles. The number of hydrogen-bond acceptors (Lipinski definition) is 3. The highest BCUT2D eigenvalue weighted by atomic mass is 35.5. The van der Waals surface area contributed by atoms with Crippen molar-refractivity contribution in [1.29, 1.82) is 0 Å². The third kappa shape index (κ3) is 3.09. The number of amides is 1. The molecule has 0 saturated heterocycles. The number of carbonyl (C=O) groups is 2. The van der Waals surface area contributed by atoms with E-state index >= 15 is 0 Å². The predicted octanol–water partition coefficient (Wildman–Crippen LogP) is 4.27. The second-order valence-electron chi connectivity index (χ2n) is 4.97. The molecule has 116 valence electrons. The van der Waals surface area contributed by atoms with Crippen LogP contribution in [-0.2, 0) is 9.53 Å². The van der Waals surface area contributed by atoms with E-state index in [1.54, 1.807) is 36.4 Å². The van der Waals surface area contributed by atoms with E-state index in [4.69, 9.17) is 27.9 Å². The molecule has 2 aromatic rings. The van der Waals surface area contributed by atoms with Gasteiger partial charge in [-0.15, -0.1) is 0 Å². The molecule has 1 amide bonds. The monoisotopic (exact) mass is 347 g/mol. The van der Waals surface area contributed by atoms with Crippen LogP contribution >= 0.6 is 23.2 Å². The van der Waals surface area contributed by atoms with E-state index in [2.05, 4.69) is 5.32 Å². The number of benzene rings is 2. The minimum Gasteiger partial charge on any atom is -0.465 e. The van der Waals surface area contributed by atoms with Crippen molar-refractivity contribution in [1.82, 2.24) is 0 Å². The number of hydrogen-bond donors (Lipinski definition) is 1. The molecule has 0 fully saturated rings. The van der Waals surface area contributed by atoms with Crippen molar-refractivity contribution in [3.05, 3.63) is 63.1 Å². The first-order valence-electron chi connectivity index (χ1n) is 6.70. The van der Waals surface area contributed by atoms with Crippen LogP contribution in [0.3, 0.4) is 0 Å². The first-order valence-corrected chi connectivity index (χ1v) is 7.45. The lowest BCUT2D eigenvalue weighted by atomic mass is 10.0. The molecule has 4 nitrogen and oxygen atoms in total. The number of fused-ring (bicyclic) bond motifs is 1. The number of rotatable bonds is 2.